The van der Waals surface area contributed by atoms with Gasteiger partial charge in [-0.3, -0.25) is 14.5 Å². The second kappa shape index (κ2) is 8.57. The average molecular weight is 397 g/mol. The molecule has 2 aromatic rings. The van der Waals surface area contributed by atoms with Crippen LogP contribution in [0.15, 0.2) is 30.3 Å². The number of piperazine rings is 1. The third-order valence-electron chi connectivity index (χ3n) is 6.49. The molecule has 1 aromatic heterocycles. The third kappa shape index (κ3) is 4.04. The molecule has 6 nitrogen and oxygen atoms in total. The molecule has 3 heterocycles. The Balaban J connectivity index is 1.37. The molecule has 0 spiro atoms. The molecule has 1 atom stereocenters. The molecular weight excluding hydrogens is 364 g/mol. The van der Waals surface area contributed by atoms with Crippen LogP contribution in [0.2, 0.25) is 0 Å². The lowest BCUT2D eigenvalue weighted by atomic mass is 10.0. The van der Waals surface area contributed by atoms with Crippen LogP contribution in [-0.4, -0.2) is 76.4 Å². The number of carbonyl (C=O) groups excluding carboxylic acids is 2. The van der Waals surface area contributed by atoms with Crippen molar-refractivity contribution < 1.29 is 9.59 Å². The minimum atomic E-state index is 0.0960. The van der Waals surface area contributed by atoms with Crippen molar-refractivity contribution in [3.05, 3.63) is 36.0 Å². The Morgan fingerprint density at radius 3 is 2.52 bits per heavy atom. The zero-order valence-corrected chi connectivity index (χ0v) is 17.6. The molecule has 0 bridgehead atoms. The van der Waals surface area contributed by atoms with Crippen LogP contribution < -0.4 is 0 Å². The second-order valence-corrected chi connectivity index (χ2v) is 8.33. The van der Waals surface area contributed by atoms with E-state index in [-0.39, 0.29) is 11.8 Å². The van der Waals surface area contributed by atoms with Crippen molar-refractivity contribution in [2.75, 3.05) is 39.3 Å². The zero-order valence-electron chi connectivity index (χ0n) is 17.6. The standard InChI is InChI=1S/C23H32N4O2/c1-3-26-20-10-5-4-9-19(20)16-21(26)23(29)25-14-12-24(13-15-25)17-22(28)27-11-7-6-8-18(27)2/h4-5,9-10,16,18H,3,6-8,11-15,17H2,1-2H3/t18-/m0/s1. The number of rotatable bonds is 4. The van der Waals surface area contributed by atoms with Crippen molar-refractivity contribution >= 4 is 22.7 Å². The maximum atomic E-state index is 13.2. The van der Waals surface area contributed by atoms with E-state index < -0.39 is 0 Å². The maximum Gasteiger partial charge on any atom is 0.270 e. The van der Waals surface area contributed by atoms with Crippen LogP contribution in [-0.2, 0) is 11.3 Å². The first kappa shape index (κ1) is 20.0. The van der Waals surface area contributed by atoms with Gasteiger partial charge in [-0.25, -0.2) is 0 Å². The van der Waals surface area contributed by atoms with Gasteiger partial charge >= 0.3 is 0 Å². The molecule has 29 heavy (non-hydrogen) atoms. The predicted octanol–water partition coefficient (Wildman–Crippen LogP) is 2.82. The SMILES string of the molecule is CCn1c(C(=O)N2CCN(CC(=O)N3CCCC[C@@H]3C)CC2)cc2ccccc21. The van der Waals surface area contributed by atoms with Gasteiger partial charge in [0.1, 0.15) is 5.69 Å². The lowest BCUT2D eigenvalue weighted by molar-refractivity contribution is -0.136. The highest BCUT2D eigenvalue weighted by atomic mass is 16.2. The van der Waals surface area contributed by atoms with Gasteiger partial charge in [-0.05, 0) is 45.2 Å². The number of likely N-dealkylation sites (tertiary alicyclic amines) is 1. The number of hydrogen-bond acceptors (Lipinski definition) is 3. The number of hydrogen-bond donors (Lipinski definition) is 0. The van der Waals surface area contributed by atoms with E-state index in [4.69, 9.17) is 0 Å². The number of aromatic nitrogens is 1. The molecule has 156 valence electrons. The molecule has 0 aliphatic carbocycles. The fourth-order valence-corrected chi connectivity index (χ4v) is 4.75. The molecule has 0 N–H and O–H groups in total. The molecule has 2 fully saturated rings. The van der Waals surface area contributed by atoms with E-state index in [0.717, 1.165) is 55.6 Å². The number of para-hydroxylation sites is 1. The Hall–Kier alpha value is -2.34. The minimum absolute atomic E-state index is 0.0960. The number of carbonyl (C=O) groups is 2. The number of piperidine rings is 1. The summed E-state index contributed by atoms with van der Waals surface area (Å²) in [5.41, 5.74) is 1.87. The summed E-state index contributed by atoms with van der Waals surface area (Å²) in [6.45, 7) is 9.23. The van der Waals surface area contributed by atoms with E-state index in [1.165, 1.54) is 6.42 Å². The van der Waals surface area contributed by atoms with Crippen molar-refractivity contribution in [1.29, 1.82) is 0 Å². The van der Waals surface area contributed by atoms with Gasteiger partial charge in [0.15, 0.2) is 0 Å². The summed E-state index contributed by atoms with van der Waals surface area (Å²) in [4.78, 5) is 32.1. The first-order valence-electron chi connectivity index (χ1n) is 11.0. The maximum absolute atomic E-state index is 13.2. The van der Waals surface area contributed by atoms with Gasteiger partial charge in [-0.1, -0.05) is 18.2 Å². The van der Waals surface area contributed by atoms with Crippen molar-refractivity contribution in [3.63, 3.8) is 0 Å². The van der Waals surface area contributed by atoms with Gasteiger partial charge < -0.3 is 14.4 Å². The monoisotopic (exact) mass is 396 g/mol. The van der Waals surface area contributed by atoms with Crippen LogP contribution in [0.1, 0.15) is 43.6 Å². The topological polar surface area (TPSA) is 48.8 Å². The lowest BCUT2D eigenvalue weighted by Gasteiger charge is -2.38. The Kier molecular flexibility index (Phi) is 5.90. The van der Waals surface area contributed by atoms with Crippen LogP contribution in [0.3, 0.4) is 0 Å². The molecule has 0 saturated carbocycles. The third-order valence-corrected chi connectivity index (χ3v) is 6.49. The number of fused-ring (bicyclic) bond motifs is 1. The Bertz CT molecular complexity index is 882. The molecule has 2 amide bonds. The van der Waals surface area contributed by atoms with Crippen LogP contribution >= 0.6 is 0 Å². The quantitative estimate of drug-likeness (QED) is 0.799. The van der Waals surface area contributed by atoms with E-state index >= 15 is 0 Å². The van der Waals surface area contributed by atoms with Gasteiger partial charge in [0.05, 0.1) is 6.54 Å². The number of aryl methyl sites for hydroxylation is 1. The number of benzene rings is 1. The van der Waals surface area contributed by atoms with Crippen molar-refractivity contribution in [2.24, 2.45) is 0 Å². The molecule has 2 saturated heterocycles. The molecule has 0 unspecified atom stereocenters. The zero-order chi connectivity index (χ0) is 20.4. The summed E-state index contributed by atoms with van der Waals surface area (Å²) in [6.07, 6.45) is 3.45. The van der Waals surface area contributed by atoms with Crippen LogP contribution in [0.5, 0.6) is 0 Å². The van der Waals surface area contributed by atoms with Crippen LogP contribution in [0.25, 0.3) is 10.9 Å². The first-order valence-corrected chi connectivity index (χ1v) is 11.0. The Morgan fingerprint density at radius 1 is 1.03 bits per heavy atom. The molecule has 6 heteroatoms. The van der Waals surface area contributed by atoms with E-state index in [2.05, 4.69) is 35.4 Å². The molecule has 2 aliphatic heterocycles. The van der Waals surface area contributed by atoms with E-state index in [1.807, 2.05) is 28.0 Å². The van der Waals surface area contributed by atoms with Gasteiger partial charge in [-0.15, -0.1) is 0 Å². The van der Waals surface area contributed by atoms with Gasteiger partial charge in [0, 0.05) is 56.2 Å². The highest BCUT2D eigenvalue weighted by Crippen LogP contribution is 2.22. The largest absolute Gasteiger partial charge is 0.339 e. The highest BCUT2D eigenvalue weighted by molar-refractivity contribution is 5.98. The molecule has 1 aromatic carbocycles. The summed E-state index contributed by atoms with van der Waals surface area (Å²) in [5.74, 6) is 0.335. The van der Waals surface area contributed by atoms with Crippen LogP contribution in [0, 0.1) is 0 Å². The van der Waals surface area contributed by atoms with Gasteiger partial charge in [-0.2, -0.15) is 0 Å². The fraction of sp³-hybridized carbons (Fsp3) is 0.565. The van der Waals surface area contributed by atoms with E-state index in [1.54, 1.807) is 0 Å². The Labute approximate surface area is 173 Å². The lowest BCUT2D eigenvalue weighted by Crippen LogP contribution is -2.53. The van der Waals surface area contributed by atoms with Gasteiger partial charge in [0.2, 0.25) is 5.91 Å². The number of amides is 2. The first-order chi connectivity index (χ1) is 14.1. The van der Waals surface area contributed by atoms with Crippen molar-refractivity contribution in [3.8, 4) is 0 Å². The van der Waals surface area contributed by atoms with E-state index in [0.29, 0.717) is 25.7 Å². The second-order valence-electron chi connectivity index (χ2n) is 8.33. The highest BCUT2D eigenvalue weighted by Gasteiger charge is 2.28. The van der Waals surface area contributed by atoms with Crippen molar-refractivity contribution in [2.45, 2.75) is 45.7 Å². The van der Waals surface area contributed by atoms with Gasteiger partial charge in [0.25, 0.3) is 5.91 Å². The predicted molar refractivity (Wildman–Crippen MR) is 115 cm³/mol. The van der Waals surface area contributed by atoms with Crippen molar-refractivity contribution in [1.82, 2.24) is 19.3 Å². The summed E-state index contributed by atoms with van der Waals surface area (Å²) in [5, 5.41) is 1.11. The van der Waals surface area contributed by atoms with E-state index in [9.17, 15) is 9.59 Å². The average Bonchev–Trinajstić information content (AvgIpc) is 3.12. The minimum Gasteiger partial charge on any atom is -0.339 e. The summed E-state index contributed by atoms with van der Waals surface area (Å²) in [6, 6.07) is 10.5. The number of nitrogens with zero attached hydrogens (tertiary/aromatic N) is 4. The fourth-order valence-electron chi connectivity index (χ4n) is 4.75. The smallest absolute Gasteiger partial charge is 0.270 e. The molecule has 2 aliphatic rings. The Morgan fingerprint density at radius 2 is 1.79 bits per heavy atom. The molecule has 4 rings (SSSR count). The summed E-state index contributed by atoms with van der Waals surface area (Å²) in [7, 11) is 0. The van der Waals surface area contributed by atoms with Crippen LogP contribution in [0.4, 0.5) is 0 Å². The molecular formula is C23H32N4O2. The molecule has 0 radical (unpaired) electrons. The summed E-state index contributed by atoms with van der Waals surface area (Å²) >= 11 is 0. The summed E-state index contributed by atoms with van der Waals surface area (Å²) < 4.78 is 2.10. The normalized spacial score (nSPS) is 21.0.